The molecule has 0 aliphatic rings. The number of methoxy groups -OCH3 is 1. The van der Waals surface area contributed by atoms with Crippen molar-refractivity contribution in [1.82, 2.24) is 9.55 Å². The summed E-state index contributed by atoms with van der Waals surface area (Å²) in [7, 11) is -3.09. The molecule has 0 saturated heterocycles. The van der Waals surface area contributed by atoms with Crippen LogP contribution in [-0.4, -0.2) is 25.1 Å². The van der Waals surface area contributed by atoms with Crippen LogP contribution >= 0.6 is 0 Å². The maximum absolute atomic E-state index is 13.8. The molecule has 2 aromatic rings. The molecule has 0 spiro atoms. The Morgan fingerprint density at radius 1 is 1.35 bits per heavy atom. The first-order chi connectivity index (χ1) is 12.1. The van der Waals surface area contributed by atoms with E-state index in [0.29, 0.717) is 0 Å². The monoisotopic (exact) mass is 386 g/mol. The van der Waals surface area contributed by atoms with E-state index in [2.05, 4.69) is 0 Å². The van der Waals surface area contributed by atoms with Gasteiger partial charge in [-0.25, -0.2) is 17.6 Å². The number of H-pyrrole nitrogens is 1. The topological polar surface area (TPSA) is 136 Å². The molecule has 26 heavy (non-hydrogen) atoms. The summed E-state index contributed by atoms with van der Waals surface area (Å²) < 4.78 is 46.5. The highest BCUT2D eigenvalue weighted by Gasteiger charge is 2.22. The summed E-state index contributed by atoms with van der Waals surface area (Å²) >= 11 is 0. The number of aromatic nitrogens is 2. The Hall–Kier alpha value is -2.82. The molecule has 0 aliphatic heterocycles. The summed E-state index contributed by atoms with van der Waals surface area (Å²) in [6.07, 6.45) is 0. The van der Waals surface area contributed by atoms with Crippen molar-refractivity contribution in [2.75, 3.05) is 17.6 Å². The first kappa shape index (κ1) is 19.5. The second kappa shape index (κ2) is 7.20. The molecule has 1 heterocycles. The van der Waals surface area contributed by atoms with Crippen LogP contribution in [0.25, 0.3) is 0 Å². The van der Waals surface area contributed by atoms with Crippen molar-refractivity contribution in [3.05, 3.63) is 44.9 Å². The Bertz CT molecular complexity index is 1040. The zero-order valence-electron chi connectivity index (χ0n) is 14.4. The van der Waals surface area contributed by atoms with Gasteiger partial charge in [-0.2, -0.15) is 0 Å². The van der Waals surface area contributed by atoms with E-state index < -0.39 is 37.7 Å². The van der Waals surface area contributed by atoms with Crippen LogP contribution in [0.4, 0.5) is 15.9 Å². The standard InChI is InChI=1S/C15H19FN4O5S/c1-8(2)7-20-13(17)12(14(21)18-15(20)22)19-26(23,24)9-4-5-11(25-3)10(16)6-9/h4-6,8,19H,7,17H2,1-3H3,(H,18,21,22). The van der Waals surface area contributed by atoms with Crippen LogP contribution in [0.1, 0.15) is 13.8 Å². The fraction of sp³-hybridized carbons (Fsp3) is 0.333. The number of benzene rings is 1. The summed E-state index contributed by atoms with van der Waals surface area (Å²) in [5.74, 6) is -1.33. The number of nitrogens with one attached hydrogen (secondary N) is 2. The molecule has 11 heteroatoms. The van der Waals surface area contributed by atoms with E-state index >= 15 is 0 Å². The largest absolute Gasteiger partial charge is 0.494 e. The summed E-state index contributed by atoms with van der Waals surface area (Å²) in [6.45, 7) is 3.81. The highest BCUT2D eigenvalue weighted by Crippen LogP contribution is 2.23. The van der Waals surface area contributed by atoms with E-state index in [9.17, 15) is 22.4 Å². The second-order valence-corrected chi connectivity index (χ2v) is 7.61. The molecule has 0 radical (unpaired) electrons. The predicted molar refractivity (Wildman–Crippen MR) is 94.3 cm³/mol. The van der Waals surface area contributed by atoms with E-state index in [-0.39, 0.29) is 24.0 Å². The van der Waals surface area contributed by atoms with E-state index in [1.54, 1.807) is 0 Å². The SMILES string of the molecule is COc1ccc(S(=O)(=O)Nc2c(N)n(CC(C)C)c(=O)[nH]c2=O)cc1F. The number of nitrogens with zero attached hydrogens (tertiary/aromatic N) is 1. The lowest BCUT2D eigenvalue weighted by molar-refractivity contribution is 0.385. The Morgan fingerprint density at radius 2 is 2.00 bits per heavy atom. The number of nitrogens with two attached hydrogens (primary N) is 1. The van der Waals surface area contributed by atoms with Gasteiger partial charge in [-0.05, 0) is 24.1 Å². The maximum atomic E-state index is 13.8. The minimum atomic E-state index is -4.32. The van der Waals surface area contributed by atoms with Crippen LogP contribution in [0, 0.1) is 11.7 Å². The number of hydrogen-bond donors (Lipinski definition) is 3. The van der Waals surface area contributed by atoms with Crippen LogP contribution in [0.5, 0.6) is 5.75 Å². The quantitative estimate of drug-likeness (QED) is 0.669. The number of halogens is 1. The molecule has 1 aromatic heterocycles. The third-order valence-corrected chi connectivity index (χ3v) is 4.80. The normalized spacial score (nSPS) is 11.6. The van der Waals surface area contributed by atoms with Crippen LogP contribution < -0.4 is 26.4 Å². The third kappa shape index (κ3) is 3.87. The Labute approximate surface area is 148 Å². The number of anilines is 2. The molecule has 2 rings (SSSR count). The minimum absolute atomic E-state index is 0.0149. The van der Waals surface area contributed by atoms with Gasteiger partial charge in [0.15, 0.2) is 17.3 Å². The van der Waals surface area contributed by atoms with Crippen molar-refractivity contribution in [1.29, 1.82) is 0 Å². The molecular weight excluding hydrogens is 367 g/mol. The van der Waals surface area contributed by atoms with Crippen molar-refractivity contribution in [3.8, 4) is 5.75 Å². The van der Waals surface area contributed by atoms with E-state index in [1.807, 2.05) is 23.6 Å². The molecular formula is C15H19FN4O5S. The molecule has 9 nitrogen and oxygen atoms in total. The van der Waals surface area contributed by atoms with Crippen LogP contribution in [0.2, 0.25) is 0 Å². The molecule has 1 aromatic carbocycles. The van der Waals surface area contributed by atoms with Gasteiger partial charge >= 0.3 is 5.69 Å². The van der Waals surface area contributed by atoms with Gasteiger partial charge in [0.25, 0.3) is 15.6 Å². The average Bonchev–Trinajstić information content (AvgIpc) is 2.55. The summed E-state index contributed by atoms with van der Waals surface area (Å²) in [5, 5.41) is 0. The minimum Gasteiger partial charge on any atom is -0.494 e. The lowest BCUT2D eigenvalue weighted by Crippen LogP contribution is -2.36. The molecule has 142 valence electrons. The maximum Gasteiger partial charge on any atom is 0.330 e. The van der Waals surface area contributed by atoms with E-state index in [0.717, 1.165) is 22.8 Å². The molecule has 4 N–H and O–H groups in total. The highest BCUT2D eigenvalue weighted by atomic mass is 32.2. The molecule has 0 saturated carbocycles. The number of aromatic amines is 1. The fourth-order valence-electron chi connectivity index (χ4n) is 2.24. The van der Waals surface area contributed by atoms with Crippen molar-refractivity contribution in [3.63, 3.8) is 0 Å². The third-order valence-electron chi connectivity index (χ3n) is 3.46. The lowest BCUT2D eigenvalue weighted by atomic mass is 10.2. The summed E-state index contributed by atoms with van der Waals surface area (Å²) in [6, 6.07) is 2.99. The van der Waals surface area contributed by atoms with Gasteiger partial charge in [-0.3, -0.25) is 19.1 Å². The van der Waals surface area contributed by atoms with Gasteiger partial charge in [-0.15, -0.1) is 0 Å². The van der Waals surface area contributed by atoms with E-state index in [1.165, 1.54) is 7.11 Å². The number of nitrogen functional groups attached to an aromatic ring is 1. The molecule has 0 atom stereocenters. The zero-order valence-corrected chi connectivity index (χ0v) is 15.2. The highest BCUT2D eigenvalue weighted by molar-refractivity contribution is 7.92. The van der Waals surface area contributed by atoms with Crippen molar-refractivity contribution in [2.24, 2.45) is 5.92 Å². The van der Waals surface area contributed by atoms with Crippen LogP contribution in [0.15, 0.2) is 32.7 Å². The van der Waals surface area contributed by atoms with Crippen LogP contribution in [-0.2, 0) is 16.6 Å². The van der Waals surface area contributed by atoms with Crippen molar-refractivity contribution >= 4 is 21.5 Å². The van der Waals surface area contributed by atoms with Gasteiger partial charge < -0.3 is 10.5 Å². The second-order valence-electron chi connectivity index (χ2n) is 5.93. The Morgan fingerprint density at radius 3 is 2.54 bits per heavy atom. The molecule has 0 aliphatic carbocycles. The van der Waals surface area contributed by atoms with Gasteiger partial charge in [0.1, 0.15) is 5.82 Å². The first-order valence-corrected chi connectivity index (χ1v) is 9.04. The number of rotatable bonds is 6. The average molecular weight is 386 g/mol. The molecule has 0 fully saturated rings. The molecule has 0 amide bonds. The van der Waals surface area contributed by atoms with E-state index in [4.69, 9.17) is 10.5 Å². The number of sulfonamides is 1. The fourth-order valence-corrected chi connectivity index (χ4v) is 3.33. The van der Waals surface area contributed by atoms with Gasteiger partial charge in [0.2, 0.25) is 0 Å². The smallest absolute Gasteiger partial charge is 0.330 e. The Kier molecular flexibility index (Phi) is 5.40. The number of ether oxygens (including phenoxy) is 1. The molecule has 0 unspecified atom stereocenters. The lowest BCUT2D eigenvalue weighted by Gasteiger charge is -2.15. The van der Waals surface area contributed by atoms with Crippen LogP contribution in [0.3, 0.4) is 0 Å². The van der Waals surface area contributed by atoms with Crippen molar-refractivity contribution in [2.45, 2.75) is 25.3 Å². The summed E-state index contributed by atoms with van der Waals surface area (Å²) in [5.41, 5.74) is 3.56. The van der Waals surface area contributed by atoms with Crippen molar-refractivity contribution < 1.29 is 17.5 Å². The predicted octanol–water partition coefficient (Wildman–Crippen LogP) is 0.723. The van der Waals surface area contributed by atoms with Gasteiger partial charge in [0.05, 0.1) is 12.0 Å². The van der Waals surface area contributed by atoms with Gasteiger partial charge in [0, 0.05) is 6.54 Å². The zero-order chi connectivity index (χ0) is 19.6. The number of hydrogen-bond acceptors (Lipinski definition) is 6. The molecule has 0 bridgehead atoms. The Balaban J connectivity index is 2.51. The first-order valence-electron chi connectivity index (χ1n) is 7.55. The summed E-state index contributed by atoms with van der Waals surface area (Å²) in [4.78, 5) is 25.5. The van der Waals surface area contributed by atoms with Gasteiger partial charge in [-0.1, -0.05) is 13.8 Å².